The van der Waals surface area contributed by atoms with E-state index in [2.05, 4.69) is 19.8 Å². The Bertz CT molecular complexity index is 1190. The lowest BCUT2D eigenvalue weighted by Crippen LogP contribution is -2.17. The number of aromatic nitrogens is 4. The van der Waals surface area contributed by atoms with Crippen molar-refractivity contribution in [2.45, 2.75) is 6.36 Å². The molecule has 160 valence electrons. The highest BCUT2D eigenvalue weighted by atomic mass is 19.4. The van der Waals surface area contributed by atoms with Gasteiger partial charge < -0.3 is 18.6 Å². The average molecular weight is 432 g/mol. The van der Waals surface area contributed by atoms with E-state index in [-0.39, 0.29) is 11.5 Å². The molecular weight excluding hydrogens is 417 g/mol. The minimum absolute atomic E-state index is 0.0721. The van der Waals surface area contributed by atoms with Gasteiger partial charge in [0.15, 0.2) is 11.5 Å². The first kappa shape index (κ1) is 20.3. The molecule has 0 spiro atoms. The van der Waals surface area contributed by atoms with Gasteiger partial charge in [-0.1, -0.05) is 0 Å². The van der Waals surface area contributed by atoms with E-state index >= 15 is 0 Å². The van der Waals surface area contributed by atoms with E-state index in [0.29, 0.717) is 28.4 Å². The summed E-state index contributed by atoms with van der Waals surface area (Å²) in [6.07, 6.45) is -0.748. The topological polar surface area (TPSA) is 84.4 Å². The third-order valence-electron chi connectivity index (χ3n) is 4.28. The Morgan fingerprint density at radius 3 is 2.48 bits per heavy atom. The maximum Gasteiger partial charge on any atom is 0.573 e. The predicted octanol–water partition coefficient (Wildman–Crippen LogP) is 4.51. The third kappa shape index (κ3) is 4.29. The Labute approximate surface area is 173 Å². The van der Waals surface area contributed by atoms with E-state index in [0.717, 1.165) is 0 Å². The monoisotopic (exact) mass is 432 g/mol. The molecule has 0 aliphatic rings. The number of hydrogen-bond donors (Lipinski definition) is 0. The number of oxazole rings is 1. The van der Waals surface area contributed by atoms with Crippen molar-refractivity contribution in [3.8, 4) is 45.6 Å². The summed E-state index contributed by atoms with van der Waals surface area (Å²) >= 11 is 0. The van der Waals surface area contributed by atoms with Crippen LogP contribution in [-0.2, 0) is 0 Å². The molecule has 0 aliphatic heterocycles. The molecule has 0 saturated heterocycles. The molecule has 0 fully saturated rings. The predicted molar refractivity (Wildman–Crippen MR) is 102 cm³/mol. The standard InChI is InChI=1S/C20H15F3N4O4/c1-28-17-6-3-12(7-18(17)29-2)15-9-30-19(26-15)14-8-13(31-20(21,22)23)4-5-16(14)27-11-24-10-25-27/h3-11H,1-2H3. The molecule has 4 aromatic rings. The molecule has 2 aromatic heterocycles. The Hall–Kier alpha value is -4.02. The van der Waals surface area contributed by atoms with Gasteiger partial charge in [-0.15, -0.1) is 13.2 Å². The van der Waals surface area contributed by atoms with E-state index < -0.39 is 12.1 Å². The quantitative estimate of drug-likeness (QED) is 0.443. The zero-order chi connectivity index (χ0) is 22.0. The second-order valence-electron chi connectivity index (χ2n) is 6.17. The van der Waals surface area contributed by atoms with Crippen LogP contribution in [0.4, 0.5) is 13.2 Å². The van der Waals surface area contributed by atoms with Crippen molar-refractivity contribution in [1.29, 1.82) is 0 Å². The number of benzene rings is 2. The molecule has 0 amide bonds. The molecular formula is C20H15F3N4O4. The molecule has 4 rings (SSSR count). The van der Waals surface area contributed by atoms with Gasteiger partial charge in [-0.2, -0.15) is 5.10 Å². The van der Waals surface area contributed by atoms with Gasteiger partial charge in [-0.05, 0) is 36.4 Å². The Morgan fingerprint density at radius 1 is 1.00 bits per heavy atom. The fraction of sp³-hybridized carbons (Fsp3) is 0.150. The molecule has 0 aliphatic carbocycles. The van der Waals surface area contributed by atoms with Crippen LogP contribution in [0.5, 0.6) is 17.2 Å². The molecule has 0 bridgehead atoms. The van der Waals surface area contributed by atoms with Crippen LogP contribution in [0.1, 0.15) is 0 Å². The van der Waals surface area contributed by atoms with Crippen LogP contribution in [0, 0.1) is 0 Å². The van der Waals surface area contributed by atoms with Crippen LogP contribution in [0.2, 0.25) is 0 Å². The first-order valence-electron chi connectivity index (χ1n) is 8.81. The van der Waals surface area contributed by atoms with Crippen LogP contribution >= 0.6 is 0 Å². The zero-order valence-corrected chi connectivity index (χ0v) is 16.3. The summed E-state index contributed by atoms with van der Waals surface area (Å²) in [5.74, 6) is 0.689. The van der Waals surface area contributed by atoms with Gasteiger partial charge in [0.1, 0.15) is 30.4 Å². The highest BCUT2D eigenvalue weighted by Gasteiger charge is 2.31. The highest BCUT2D eigenvalue weighted by molar-refractivity contribution is 5.71. The summed E-state index contributed by atoms with van der Waals surface area (Å²) in [6.45, 7) is 0. The number of rotatable bonds is 6. The fourth-order valence-corrected chi connectivity index (χ4v) is 2.94. The first-order chi connectivity index (χ1) is 14.9. The van der Waals surface area contributed by atoms with Gasteiger partial charge in [0.2, 0.25) is 5.89 Å². The van der Waals surface area contributed by atoms with Crippen LogP contribution < -0.4 is 14.2 Å². The number of nitrogens with zero attached hydrogens (tertiary/aromatic N) is 4. The van der Waals surface area contributed by atoms with E-state index in [1.807, 2.05) is 0 Å². The molecule has 2 aromatic carbocycles. The average Bonchev–Trinajstić information content (AvgIpc) is 3.44. The summed E-state index contributed by atoms with van der Waals surface area (Å²) in [7, 11) is 3.03. The van der Waals surface area contributed by atoms with Crippen LogP contribution in [-0.4, -0.2) is 40.3 Å². The Morgan fingerprint density at radius 2 is 1.81 bits per heavy atom. The molecule has 0 N–H and O–H groups in total. The molecule has 0 atom stereocenters. The molecule has 11 heteroatoms. The van der Waals surface area contributed by atoms with Crippen molar-refractivity contribution in [2.24, 2.45) is 0 Å². The van der Waals surface area contributed by atoms with Gasteiger partial charge in [0.05, 0.1) is 25.5 Å². The Kier molecular flexibility index (Phi) is 5.24. The number of hydrogen-bond acceptors (Lipinski definition) is 7. The third-order valence-corrected chi connectivity index (χ3v) is 4.28. The van der Waals surface area contributed by atoms with Crippen molar-refractivity contribution in [3.63, 3.8) is 0 Å². The zero-order valence-electron chi connectivity index (χ0n) is 16.3. The summed E-state index contributed by atoms with van der Waals surface area (Å²) in [4.78, 5) is 8.30. The molecule has 31 heavy (non-hydrogen) atoms. The SMILES string of the molecule is COc1ccc(-c2coc(-c3cc(OC(F)(F)F)ccc3-n3cncn3)n2)cc1OC. The van der Waals surface area contributed by atoms with Crippen LogP contribution in [0.15, 0.2) is 59.7 Å². The van der Waals surface area contributed by atoms with Crippen LogP contribution in [0.3, 0.4) is 0 Å². The normalized spacial score (nSPS) is 11.4. The largest absolute Gasteiger partial charge is 0.573 e. The number of methoxy groups -OCH3 is 2. The molecule has 0 saturated carbocycles. The Balaban J connectivity index is 1.77. The smallest absolute Gasteiger partial charge is 0.493 e. The second-order valence-corrected chi connectivity index (χ2v) is 6.17. The minimum atomic E-state index is -4.84. The summed E-state index contributed by atoms with van der Waals surface area (Å²) in [6, 6.07) is 8.93. The van der Waals surface area contributed by atoms with E-state index in [1.54, 1.807) is 18.2 Å². The van der Waals surface area contributed by atoms with Gasteiger partial charge in [-0.25, -0.2) is 14.6 Å². The number of alkyl halides is 3. The van der Waals surface area contributed by atoms with E-state index in [1.165, 1.54) is 56.0 Å². The molecule has 0 unspecified atom stereocenters. The fourth-order valence-electron chi connectivity index (χ4n) is 2.94. The second kappa shape index (κ2) is 8.01. The maximum absolute atomic E-state index is 12.7. The number of halogens is 3. The summed E-state index contributed by atoms with van der Waals surface area (Å²) < 4.78 is 59.6. The van der Waals surface area contributed by atoms with Crippen molar-refractivity contribution in [1.82, 2.24) is 19.7 Å². The lowest BCUT2D eigenvalue weighted by atomic mass is 10.1. The molecule has 2 heterocycles. The summed E-state index contributed by atoms with van der Waals surface area (Å²) in [5, 5.41) is 4.03. The van der Waals surface area contributed by atoms with Gasteiger partial charge in [0.25, 0.3) is 0 Å². The van der Waals surface area contributed by atoms with Crippen molar-refractivity contribution in [3.05, 3.63) is 55.3 Å². The van der Waals surface area contributed by atoms with Gasteiger partial charge in [0, 0.05) is 5.56 Å². The number of ether oxygens (including phenoxy) is 3. The van der Waals surface area contributed by atoms with Gasteiger partial charge in [-0.3, -0.25) is 0 Å². The first-order valence-corrected chi connectivity index (χ1v) is 8.81. The minimum Gasteiger partial charge on any atom is -0.493 e. The summed E-state index contributed by atoms with van der Waals surface area (Å²) in [5.41, 5.74) is 1.76. The van der Waals surface area contributed by atoms with Gasteiger partial charge >= 0.3 is 6.36 Å². The molecule has 8 nitrogen and oxygen atoms in total. The highest BCUT2D eigenvalue weighted by Crippen LogP contribution is 2.36. The van der Waals surface area contributed by atoms with Crippen LogP contribution in [0.25, 0.3) is 28.4 Å². The molecule has 0 radical (unpaired) electrons. The lowest BCUT2D eigenvalue weighted by Gasteiger charge is -2.12. The van der Waals surface area contributed by atoms with E-state index in [9.17, 15) is 13.2 Å². The van der Waals surface area contributed by atoms with Crippen molar-refractivity contribution >= 4 is 0 Å². The van der Waals surface area contributed by atoms with E-state index in [4.69, 9.17) is 13.9 Å². The van der Waals surface area contributed by atoms with Crippen molar-refractivity contribution in [2.75, 3.05) is 14.2 Å². The maximum atomic E-state index is 12.7. The lowest BCUT2D eigenvalue weighted by molar-refractivity contribution is -0.274. The van der Waals surface area contributed by atoms with Crippen molar-refractivity contribution < 1.29 is 31.8 Å².